The fourth-order valence-corrected chi connectivity index (χ4v) is 2.45. The van der Waals surface area contributed by atoms with E-state index in [-0.39, 0.29) is 5.92 Å². The Bertz CT molecular complexity index is 647. The molecule has 0 fully saturated rings. The first-order chi connectivity index (χ1) is 10.5. The fourth-order valence-electron chi connectivity index (χ4n) is 2.45. The molecule has 1 N–H and O–H groups in total. The van der Waals surface area contributed by atoms with Crippen LogP contribution in [0.25, 0.3) is 0 Å². The highest BCUT2D eigenvalue weighted by molar-refractivity contribution is 5.73. The number of carbonyl (C=O) groups is 1. The van der Waals surface area contributed by atoms with Crippen LogP contribution in [0, 0.1) is 6.92 Å². The second-order valence-electron chi connectivity index (χ2n) is 5.83. The summed E-state index contributed by atoms with van der Waals surface area (Å²) in [6, 6.07) is 15.5. The van der Waals surface area contributed by atoms with E-state index in [0.717, 1.165) is 16.7 Å². The number of para-hydroxylation sites is 1. The molecule has 0 amide bonds. The van der Waals surface area contributed by atoms with Gasteiger partial charge in [-0.2, -0.15) is 0 Å². The zero-order valence-corrected chi connectivity index (χ0v) is 13.2. The van der Waals surface area contributed by atoms with Crippen LogP contribution in [0.15, 0.2) is 48.5 Å². The summed E-state index contributed by atoms with van der Waals surface area (Å²) in [5.74, 6) is -0.0118. The SMILES string of the molecule is Cc1cccc(C[C@@H](Oc2ccccc2C(C)C)C(=O)O)c1. The lowest BCUT2D eigenvalue weighted by Gasteiger charge is -2.19. The van der Waals surface area contributed by atoms with E-state index >= 15 is 0 Å². The van der Waals surface area contributed by atoms with Crippen molar-refractivity contribution >= 4 is 5.97 Å². The second-order valence-corrected chi connectivity index (χ2v) is 5.83. The number of aliphatic carboxylic acids is 1. The van der Waals surface area contributed by atoms with Gasteiger partial charge in [0, 0.05) is 6.42 Å². The van der Waals surface area contributed by atoms with Crippen molar-refractivity contribution in [3.05, 3.63) is 65.2 Å². The van der Waals surface area contributed by atoms with E-state index in [2.05, 4.69) is 13.8 Å². The number of hydrogen-bond acceptors (Lipinski definition) is 2. The number of ether oxygens (including phenoxy) is 1. The first-order valence-corrected chi connectivity index (χ1v) is 7.51. The molecule has 2 aromatic rings. The molecule has 0 unspecified atom stereocenters. The van der Waals surface area contributed by atoms with Gasteiger partial charge < -0.3 is 9.84 Å². The maximum absolute atomic E-state index is 11.5. The van der Waals surface area contributed by atoms with Crippen LogP contribution in [-0.2, 0) is 11.2 Å². The summed E-state index contributed by atoms with van der Waals surface area (Å²) in [5, 5.41) is 9.47. The van der Waals surface area contributed by atoms with Crippen LogP contribution in [0.2, 0.25) is 0 Å². The predicted molar refractivity (Wildman–Crippen MR) is 87.5 cm³/mol. The Balaban J connectivity index is 2.21. The summed E-state index contributed by atoms with van der Waals surface area (Å²) in [5.41, 5.74) is 3.11. The molecule has 0 saturated heterocycles. The highest BCUT2D eigenvalue weighted by Gasteiger charge is 2.21. The van der Waals surface area contributed by atoms with Crippen LogP contribution in [0.4, 0.5) is 0 Å². The molecule has 0 saturated carbocycles. The fraction of sp³-hybridized carbons (Fsp3) is 0.316. The minimum absolute atomic E-state index is 0.282. The average molecular weight is 298 g/mol. The topological polar surface area (TPSA) is 46.5 Å². The molecule has 0 heterocycles. The zero-order valence-electron chi connectivity index (χ0n) is 13.2. The van der Waals surface area contributed by atoms with Gasteiger partial charge in [-0.3, -0.25) is 0 Å². The molecule has 1 atom stereocenters. The van der Waals surface area contributed by atoms with Crippen molar-refractivity contribution in [1.82, 2.24) is 0 Å². The smallest absolute Gasteiger partial charge is 0.345 e. The molecule has 3 heteroatoms. The van der Waals surface area contributed by atoms with Crippen LogP contribution in [0.3, 0.4) is 0 Å². The third-order valence-electron chi connectivity index (χ3n) is 3.59. The molecule has 3 nitrogen and oxygen atoms in total. The summed E-state index contributed by atoms with van der Waals surface area (Å²) in [6.07, 6.45) is -0.537. The van der Waals surface area contributed by atoms with Crippen molar-refractivity contribution in [2.75, 3.05) is 0 Å². The van der Waals surface area contributed by atoms with Crippen LogP contribution < -0.4 is 4.74 Å². The van der Waals surface area contributed by atoms with Gasteiger partial charge in [0.25, 0.3) is 0 Å². The van der Waals surface area contributed by atoms with Crippen molar-refractivity contribution in [1.29, 1.82) is 0 Å². The normalized spacial score (nSPS) is 12.2. The van der Waals surface area contributed by atoms with Crippen LogP contribution in [0.1, 0.15) is 36.5 Å². The molecular weight excluding hydrogens is 276 g/mol. The number of rotatable bonds is 6. The van der Waals surface area contributed by atoms with E-state index in [1.54, 1.807) is 0 Å². The molecule has 0 spiro atoms. The van der Waals surface area contributed by atoms with Gasteiger partial charge in [-0.15, -0.1) is 0 Å². The first kappa shape index (κ1) is 16.1. The minimum atomic E-state index is -0.944. The van der Waals surface area contributed by atoms with Crippen molar-refractivity contribution in [3.8, 4) is 5.75 Å². The molecule has 116 valence electrons. The molecule has 0 aromatic heterocycles. The Hall–Kier alpha value is -2.29. The summed E-state index contributed by atoms with van der Waals surface area (Å²) < 4.78 is 5.81. The Morgan fingerprint density at radius 1 is 1.14 bits per heavy atom. The molecule has 0 aliphatic carbocycles. The largest absolute Gasteiger partial charge is 0.478 e. The van der Waals surface area contributed by atoms with Gasteiger partial charge in [0.05, 0.1) is 0 Å². The summed E-state index contributed by atoms with van der Waals surface area (Å²) in [4.78, 5) is 11.5. The molecule has 2 rings (SSSR count). The third-order valence-corrected chi connectivity index (χ3v) is 3.59. The highest BCUT2D eigenvalue weighted by atomic mass is 16.5. The Kier molecular flexibility index (Phi) is 5.21. The van der Waals surface area contributed by atoms with Gasteiger partial charge in [0.15, 0.2) is 6.10 Å². The lowest BCUT2D eigenvalue weighted by molar-refractivity contribution is -0.145. The number of aryl methyl sites for hydroxylation is 1. The lowest BCUT2D eigenvalue weighted by Crippen LogP contribution is -2.29. The molecular formula is C19H22O3. The summed E-state index contributed by atoms with van der Waals surface area (Å²) >= 11 is 0. The van der Waals surface area contributed by atoms with Crippen LogP contribution in [-0.4, -0.2) is 17.2 Å². The van der Waals surface area contributed by atoms with E-state index in [1.165, 1.54) is 0 Å². The van der Waals surface area contributed by atoms with Gasteiger partial charge in [0.2, 0.25) is 0 Å². The number of carboxylic acid groups (broad SMARTS) is 1. The molecule has 22 heavy (non-hydrogen) atoms. The first-order valence-electron chi connectivity index (χ1n) is 7.51. The lowest BCUT2D eigenvalue weighted by atomic mass is 10.0. The number of benzene rings is 2. The zero-order chi connectivity index (χ0) is 16.1. The number of carboxylic acids is 1. The highest BCUT2D eigenvalue weighted by Crippen LogP contribution is 2.27. The van der Waals surface area contributed by atoms with Gasteiger partial charge >= 0.3 is 5.97 Å². The Labute approximate surface area is 131 Å². The third kappa shape index (κ3) is 4.10. The standard InChI is InChI=1S/C19H22O3/c1-13(2)16-9-4-5-10-17(16)22-18(19(20)21)12-15-8-6-7-14(3)11-15/h4-11,13,18H,12H2,1-3H3,(H,20,21)/t18-/m1/s1. The predicted octanol–water partition coefficient (Wildman–Crippen LogP) is 4.19. The Morgan fingerprint density at radius 2 is 1.86 bits per heavy atom. The molecule has 2 aromatic carbocycles. The van der Waals surface area contributed by atoms with E-state index in [4.69, 9.17) is 4.74 Å². The quantitative estimate of drug-likeness (QED) is 0.869. The molecule has 0 aliphatic rings. The van der Waals surface area contributed by atoms with E-state index in [0.29, 0.717) is 12.2 Å². The van der Waals surface area contributed by atoms with Gasteiger partial charge in [-0.25, -0.2) is 4.79 Å². The van der Waals surface area contributed by atoms with Gasteiger partial charge in [-0.05, 0) is 30.0 Å². The molecule has 0 radical (unpaired) electrons. The van der Waals surface area contributed by atoms with Crippen molar-refractivity contribution < 1.29 is 14.6 Å². The molecule has 0 aliphatic heterocycles. The number of hydrogen-bond donors (Lipinski definition) is 1. The Morgan fingerprint density at radius 3 is 2.50 bits per heavy atom. The van der Waals surface area contributed by atoms with Crippen LogP contribution in [0.5, 0.6) is 5.75 Å². The molecule has 0 bridgehead atoms. The maximum Gasteiger partial charge on any atom is 0.345 e. The van der Waals surface area contributed by atoms with Crippen molar-refractivity contribution in [2.45, 2.75) is 39.2 Å². The van der Waals surface area contributed by atoms with Crippen molar-refractivity contribution in [3.63, 3.8) is 0 Å². The summed E-state index contributed by atoms with van der Waals surface area (Å²) in [7, 11) is 0. The minimum Gasteiger partial charge on any atom is -0.478 e. The van der Waals surface area contributed by atoms with E-state index in [9.17, 15) is 9.90 Å². The van der Waals surface area contributed by atoms with Crippen molar-refractivity contribution in [2.24, 2.45) is 0 Å². The maximum atomic E-state index is 11.5. The second kappa shape index (κ2) is 7.12. The van der Waals surface area contributed by atoms with Gasteiger partial charge in [-0.1, -0.05) is 61.9 Å². The van der Waals surface area contributed by atoms with E-state index in [1.807, 2.05) is 55.5 Å². The summed E-state index contributed by atoms with van der Waals surface area (Å²) in [6.45, 7) is 6.13. The monoisotopic (exact) mass is 298 g/mol. The van der Waals surface area contributed by atoms with E-state index < -0.39 is 12.1 Å². The van der Waals surface area contributed by atoms with Gasteiger partial charge in [0.1, 0.15) is 5.75 Å². The average Bonchev–Trinajstić information content (AvgIpc) is 2.47. The van der Waals surface area contributed by atoms with Crippen LogP contribution >= 0.6 is 0 Å².